The van der Waals surface area contributed by atoms with Crippen LogP contribution in [-0.4, -0.2) is 49.1 Å². The Morgan fingerprint density at radius 2 is 2.14 bits per heavy atom. The number of nitrogens with zero attached hydrogens (tertiary/aromatic N) is 1. The van der Waals surface area contributed by atoms with Gasteiger partial charge in [0.15, 0.2) is 0 Å². The van der Waals surface area contributed by atoms with Gasteiger partial charge in [-0.05, 0) is 12.5 Å². The molecule has 1 heterocycles. The van der Waals surface area contributed by atoms with Crippen molar-refractivity contribution < 1.29 is 0 Å². The summed E-state index contributed by atoms with van der Waals surface area (Å²) >= 11 is 2.07. The Kier molecular flexibility index (Phi) is 4.74. The summed E-state index contributed by atoms with van der Waals surface area (Å²) in [5.74, 6) is 2.55. The maximum atomic E-state index is 3.57. The Labute approximate surface area is 92.8 Å². The Morgan fingerprint density at radius 1 is 1.43 bits per heavy atom. The Balaban J connectivity index is 2.21. The van der Waals surface area contributed by atoms with E-state index in [1.165, 1.54) is 31.1 Å². The minimum Gasteiger partial charge on any atom is -0.311 e. The van der Waals surface area contributed by atoms with Gasteiger partial charge < -0.3 is 10.2 Å². The van der Waals surface area contributed by atoms with Gasteiger partial charge in [-0.1, -0.05) is 20.8 Å². The fraction of sp³-hybridized carbons (Fsp3) is 1.00. The first-order chi connectivity index (χ1) is 6.47. The molecule has 0 aliphatic carbocycles. The molecule has 0 radical (unpaired) electrons. The molecule has 0 bridgehead atoms. The van der Waals surface area contributed by atoms with E-state index in [0.29, 0.717) is 11.5 Å². The Morgan fingerprint density at radius 3 is 2.64 bits per heavy atom. The zero-order chi connectivity index (χ0) is 10.6. The molecule has 1 aliphatic rings. The summed E-state index contributed by atoms with van der Waals surface area (Å²) in [7, 11) is 2.23. The summed E-state index contributed by atoms with van der Waals surface area (Å²) in [6.45, 7) is 10.4. The molecule has 1 fully saturated rings. The fourth-order valence-corrected chi connectivity index (χ4v) is 2.92. The molecule has 14 heavy (non-hydrogen) atoms. The van der Waals surface area contributed by atoms with Crippen molar-refractivity contribution in [3.8, 4) is 0 Å². The average Bonchev–Trinajstić information content (AvgIpc) is 2.02. The lowest BCUT2D eigenvalue weighted by Gasteiger charge is -2.31. The minimum atomic E-state index is 0.413. The van der Waals surface area contributed by atoms with Gasteiger partial charge >= 0.3 is 0 Å². The molecular weight excluding hydrogens is 192 g/mol. The van der Waals surface area contributed by atoms with Crippen molar-refractivity contribution in [2.75, 3.05) is 38.2 Å². The number of nitrogens with one attached hydrogen (secondary N) is 1. The zero-order valence-electron chi connectivity index (χ0n) is 9.97. The van der Waals surface area contributed by atoms with Gasteiger partial charge in [-0.3, -0.25) is 0 Å². The third kappa shape index (κ3) is 5.23. The number of hydrogen-bond donors (Lipinski definition) is 1. The summed E-state index contributed by atoms with van der Waals surface area (Å²) < 4.78 is 0. The Hall–Kier alpha value is 0.270. The maximum Gasteiger partial charge on any atom is 0.0285 e. The molecule has 1 rings (SSSR count). The number of likely N-dealkylation sites (N-methyl/N-ethyl adjacent to an activating group) is 1. The highest BCUT2D eigenvalue weighted by Crippen LogP contribution is 2.15. The number of hydrogen-bond acceptors (Lipinski definition) is 3. The standard InChI is InChI=1S/C11H24N2S/c1-11(2,3)9-13(4)7-10-8-14-6-5-12-10/h10,12H,5-9H2,1-4H3. The van der Waals surface area contributed by atoms with Crippen molar-refractivity contribution in [1.82, 2.24) is 10.2 Å². The minimum absolute atomic E-state index is 0.413. The molecule has 1 N–H and O–H groups in total. The number of rotatable bonds is 3. The van der Waals surface area contributed by atoms with Crippen LogP contribution in [0.4, 0.5) is 0 Å². The first-order valence-electron chi connectivity index (χ1n) is 5.47. The molecule has 0 aromatic carbocycles. The predicted octanol–water partition coefficient (Wildman–Crippen LogP) is 1.67. The smallest absolute Gasteiger partial charge is 0.0285 e. The van der Waals surface area contributed by atoms with E-state index >= 15 is 0 Å². The summed E-state index contributed by atoms with van der Waals surface area (Å²) in [5.41, 5.74) is 0.413. The quantitative estimate of drug-likeness (QED) is 0.772. The van der Waals surface area contributed by atoms with E-state index in [-0.39, 0.29) is 0 Å². The van der Waals surface area contributed by atoms with E-state index in [1.54, 1.807) is 0 Å². The largest absolute Gasteiger partial charge is 0.311 e. The molecular formula is C11H24N2S. The second kappa shape index (κ2) is 5.38. The molecule has 1 atom stereocenters. The van der Waals surface area contributed by atoms with Crippen LogP contribution >= 0.6 is 11.8 Å². The van der Waals surface area contributed by atoms with Crippen LogP contribution in [0.1, 0.15) is 20.8 Å². The Bertz CT molecular complexity index is 159. The van der Waals surface area contributed by atoms with Crippen LogP contribution in [0.25, 0.3) is 0 Å². The van der Waals surface area contributed by atoms with Crippen molar-refractivity contribution in [3.05, 3.63) is 0 Å². The second-order valence-electron chi connectivity index (χ2n) is 5.48. The van der Waals surface area contributed by atoms with Crippen LogP contribution < -0.4 is 5.32 Å². The van der Waals surface area contributed by atoms with Gasteiger partial charge in [0.2, 0.25) is 0 Å². The van der Waals surface area contributed by atoms with Crippen molar-refractivity contribution in [2.45, 2.75) is 26.8 Å². The van der Waals surface area contributed by atoms with Gasteiger partial charge in [0.25, 0.3) is 0 Å². The van der Waals surface area contributed by atoms with Crippen molar-refractivity contribution >= 4 is 11.8 Å². The summed E-state index contributed by atoms with van der Waals surface area (Å²) in [5, 5.41) is 3.57. The van der Waals surface area contributed by atoms with E-state index in [4.69, 9.17) is 0 Å². The molecule has 1 aliphatic heterocycles. The molecule has 0 aromatic heterocycles. The molecule has 0 saturated carbocycles. The SMILES string of the molecule is CN(CC1CSCCN1)CC(C)(C)C. The first-order valence-corrected chi connectivity index (χ1v) is 6.62. The molecule has 0 spiro atoms. The predicted molar refractivity (Wildman–Crippen MR) is 66.1 cm³/mol. The third-order valence-electron chi connectivity index (χ3n) is 2.27. The molecule has 1 saturated heterocycles. The zero-order valence-corrected chi connectivity index (χ0v) is 10.8. The summed E-state index contributed by atoms with van der Waals surface area (Å²) in [4.78, 5) is 2.45. The van der Waals surface area contributed by atoms with Crippen LogP contribution in [0, 0.1) is 5.41 Å². The monoisotopic (exact) mass is 216 g/mol. The second-order valence-corrected chi connectivity index (χ2v) is 6.63. The van der Waals surface area contributed by atoms with Crippen LogP contribution in [0.15, 0.2) is 0 Å². The van der Waals surface area contributed by atoms with Gasteiger partial charge in [0, 0.05) is 37.2 Å². The normalized spacial score (nSPS) is 24.2. The van der Waals surface area contributed by atoms with Gasteiger partial charge in [0.1, 0.15) is 0 Å². The van der Waals surface area contributed by atoms with Crippen LogP contribution in [0.2, 0.25) is 0 Å². The molecule has 3 heteroatoms. The molecule has 0 amide bonds. The fourth-order valence-electron chi connectivity index (χ4n) is 1.99. The van der Waals surface area contributed by atoms with Crippen molar-refractivity contribution in [1.29, 1.82) is 0 Å². The van der Waals surface area contributed by atoms with Crippen molar-refractivity contribution in [2.24, 2.45) is 5.41 Å². The van der Waals surface area contributed by atoms with Gasteiger partial charge in [-0.2, -0.15) is 11.8 Å². The molecule has 0 aromatic rings. The van der Waals surface area contributed by atoms with Gasteiger partial charge in [0.05, 0.1) is 0 Å². The van der Waals surface area contributed by atoms with Crippen molar-refractivity contribution in [3.63, 3.8) is 0 Å². The number of thioether (sulfide) groups is 1. The van der Waals surface area contributed by atoms with E-state index in [0.717, 1.165) is 0 Å². The lowest BCUT2D eigenvalue weighted by molar-refractivity contribution is 0.212. The van der Waals surface area contributed by atoms with Crippen LogP contribution in [0.3, 0.4) is 0 Å². The van der Waals surface area contributed by atoms with E-state index in [2.05, 4.69) is 49.8 Å². The molecule has 2 nitrogen and oxygen atoms in total. The average molecular weight is 216 g/mol. The molecule has 84 valence electrons. The van der Waals surface area contributed by atoms with Crippen LogP contribution in [0.5, 0.6) is 0 Å². The topological polar surface area (TPSA) is 15.3 Å². The van der Waals surface area contributed by atoms with Gasteiger partial charge in [-0.25, -0.2) is 0 Å². The highest BCUT2D eigenvalue weighted by molar-refractivity contribution is 7.99. The van der Waals surface area contributed by atoms with E-state index < -0.39 is 0 Å². The van der Waals surface area contributed by atoms with E-state index in [1.807, 2.05) is 0 Å². The lowest BCUT2D eigenvalue weighted by atomic mass is 9.96. The van der Waals surface area contributed by atoms with Gasteiger partial charge in [-0.15, -0.1) is 0 Å². The molecule has 1 unspecified atom stereocenters. The maximum absolute atomic E-state index is 3.57. The summed E-state index contributed by atoms with van der Waals surface area (Å²) in [6.07, 6.45) is 0. The summed E-state index contributed by atoms with van der Waals surface area (Å²) in [6, 6.07) is 0.695. The van der Waals surface area contributed by atoms with E-state index in [9.17, 15) is 0 Å². The first kappa shape index (κ1) is 12.3. The highest BCUT2D eigenvalue weighted by atomic mass is 32.2. The third-order valence-corrected chi connectivity index (χ3v) is 3.41. The highest BCUT2D eigenvalue weighted by Gasteiger charge is 2.18. The lowest BCUT2D eigenvalue weighted by Crippen LogP contribution is -2.46. The van der Waals surface area contributed by atoms with Crippen LogP contribution in [-0.2, 0) is 0 Å².